The van der Waals surface area contributed by atoms with Crippen LogP contribution in [0.15, 0.2) is 41.5 Å². The highest BCUT2D eigenvalue weighted by Crippen LogP contribution is 2.27. The van der Waals surface area contributed by atoms with Crippen LogP contribution in [-0.2, 0) is 4.74 Å². The first kappa shape index (κ1) is 16.6. The quantitative estimate of drug-likeness (QED) is 0.717. The van der Waals surface area contributed by atoms with Gasteiger partial charge >= 0.3 is 6.09 Å². The Morgan fingerprint density at radius 3 is 2.85 bits per heavy atom. The third kappa shape index (κ3) is 2.83. The molecule has 1 aliphatic rings. The lowest BCUT2D eigenvalue weighted by Crippen LogP contribution is -2.41. The van der Waals surface area contributed by atoms with Crippen LogP contribution in [0.4, 0.5) is 4.79 Å². The maximum Gasteiger partial charge on any atom is 0.407 e. The van der Waals surface area contributed by atoms with E-state index in [1.54, 1.807) is 10.6 Å². The summed E-state index contributed by atoms with van der Waals surface area (Å²) in [4.78, 5) is 31.1. The standard InChI is InChI=1S/C17H15ClN4O4/c18-14-7-12-15(19-9-20-16(12)23)22(14)11-3-1-10(2-4-11)13-8-21(17(24)25)5-6-26-13/h1-4,7,9,13H,5-6,8H2,(H,24,25)(H,19,20,23). The molecule has 3 heterocycles. The van der Waals surface area contributed by atoms with E-state index in [1.807, 2.05) is 24.3 Å². The van der Waals surface area contributed by atoms with Gasteiger partial charge in [0, 0.05) is 12.2 Å². The maximum atomic E-state index is 11.9. The number of aromatic amines is 1. The number of H-pyrrole nitrogens is 1. The molecule has 0 radical (unpaired) electrons. The van der Waals surface area contributed by atoms with Crippen molar-refractivity contribution in [2.75, 3.05) is 19.7 Å². The third-order valence-corrected chi connectivity index (χ3v) is 4.70. The van der Waals surface area contributed by atoms with Crippen molar-refractivity contribution < 1.29 is 14.6 Å². The molecule has 1 unspecified atom stereocenters. The number of amides is 1. The van der Waals surface area contributed by atoms with Crippen molar-refractivity contribution in [2.24, 2.45) is 0 Å². The van der Waals surface area contributed by atoms with Gasteiger partial charge in [-0.25, -0.2) is 9.78 Å². The number of carbonyl (C=O) groups is 1. The second-order valence-electron chi connectivity index (χ2n) is 5.95. The van der Waals surface area contributed by atoms with Gasteiger partial charge in [0.15, 0.2) is 5.65 Å². The largest absolute Gasteiger partial charge is 0.465 e. The average molecular weight is 375 g/mol. The normalized spacial score (nSPS) is 17.6. The molecule has 1 fully saturated rings. The Kier molecular flexibility index (Phi) is 4.14. The summed E-state index contributed by atoms with van der Waals surface area (Å²) in [5.41, 5.74) is 1.84. The molecular formula is C17H15ClN4O4. The number of nitrogens with zero attached hydrogens (tertiary/aromatic N) is 3. The fourth-order valence-corrected chi connectivity index (χ4v) is 3.39. The van der Waals surface area contributed by atoms with Crippen molar-refractivity contribution in [1.82, 2.24) is 19.4 Å². The second kappa shape index (κ2) is 6.47. The lowest BCUT2D eigenvalue weighted by molar-refractivity contribution is -0.0232. The van der Waals surface area contributed by atoms with Gasteiger partial charge in [0.25, 0.3) is 5.56 Å². The van der Waals surface area contributed by atoms with E-state index in [9.17, 15) is 9.59 Å². The van der Waals surface area contributed by atoms with E-state index in [-0.39, 0.29) is 11.7 Å². The zero-order chi connectivity index (χ0) is 18.3. The molecule has 0 bridgehead atoms. The van der Waals surface area contributed by atoms with Gasteiger partial charge in [0.2, 0.25) is 0 Å². The highest BCUT2D eigenvalue weighted by Gasteiger charge is 2.25. The first-order chi connectivity index (χ1) is 12.5. The topological polar surface area (TPSA) is 100 Å². The predicted octanol–water partition coefficient (Wildman–Crippen LogP) is 2.42. The number of benzene rings is 1. The number of morpholine rings is 1. The summed E-state index contributed by atoms with van der Waals surface area (Å²) in [6, 6.07) is 8.98. The molecule has 134 valence electrons. The Hall–Kier alpha value is -2.84. The average Bonchev–Trinajstić information content (AvgIpc) is 2.99. The Labute approximate surface area is 152 Å². The lowest BCUT2D eigenvalue weighted by atomic mass is 10.1. The van der Waals surface area contributed by atoms with Gasteiger partial charge in [0.1, 0.15) is 11.3 Å². The SMILES string of the molecule is O=C(O)N1CCOC(c2ccc(-n3c(Cl)cc4c(=O)[nH]cnc43)cc2)C1. The van der Waals surface area contributed by atoms with Crippen LogP contribution in [0.3, 0.4) is 0 Å². The molecule has 1 amide bonds. The molecule has 2 N–H and O–H groups in total. The third-order valence-electron chi connectivity index (χ3n) is 4.42. The molecule has 1 aromatic carbocycles. The first-order valence-corrected chi connectivity index (χ1v) is 8.37. The number of rotatable bonds is 2. The maximum absolute atomic E-state index is 11.9. The fraction of sp³-hybridized carbons (Fsp3) is 0.235. The van der Waals surface area contributed by atoms with Crippen molar-refractivity contribution >= 4 is 28.7 Å². The monoisotopic (exact) mass is 374 g/mol. The number of ether oxygens (including phenoxy) is 1. The van der Waals surface area contributed by atoms with E-state index in [0.29, 0.717) is 35.9 Å². The van der Waals surface area contributed by atoms with E-state index < -0.39 is 6.09 Å². The van der Waals surface area contributed by atoms with Gasteiger partial charge in [0.05, 0.1) is 24.9 Å². The summed E-state index contributed by atoms with van der Waals surface area (Å²) in [7, 11) is 0. The molecule has 8 nitrogen and oxygen atoms in total. The van der Waals surface area contributed by atoms with Crippen LogP contribution >= 0.6 is 11.6 Å². The molecule has 2 aromatic heterocycles. The van der Waals surface area contributed by atoms with E-state index >= 15 is 0 Å². The van der Waals surface area contributed by atoms with Gasteiger partial charge in [-0.05, 0) is 23.8 Å². The number of fused-ring (bicyclic) bond motifs is 1. The van der Waals surface area contributed by atoms with Crippen molar-refractivity contribution in [3.63, 3.8) is 0 Å². The van der Waals surface area contributed by atoms with E-state index in [4.69, 9.17) is 21.4 Å². The molecule has 9 heteroatoms. The fourth-order valence-electron chi connectivity index (χ4n) is 3.10. The van der Waals surface area contributed by atoms with E-state index in [1.165, 1.54) is 11.2 Å². The molecule has 0 aliphatic carbocycles. The predicted molar refractivity (Wildman–Crippen MR) is 95.0 cm³/mol. The second-order valence-corrected chi connectivity index (χ2v) is 6.34. The molecule has 1 aliphatic heterocycles. The summed E-state index contributed by atoms with van der Waals surface area (Å²) in [6.07, 6.45) is 0.0749. The number of hydrogen-bond acceptors (Lipinski definition) is 4. The number of halogens is 1. The van der Waals surface area contributed by atoms with Gasteiger partial charge in [-0.15, -0.1) is 0 Å². The molecule has 0 saturated carbocycles. The van der Waals surface area contributed by atoms with Crippen LogP contribution in [0.1, 0.15) is 11.7 Å². The Bertz CT molecular complexity index is 1030. The van der Waals surface area contributed by atoms with Crippen LogP contribution in [0.5, 0.6) is 0 Å². The number of aromatic nitrogens is 3. The first-order valence-electron chi connectivity index (χ1n) is 7.99. The van der Waals surface area contributed by atoms with Crippen molar-refractivity contribution in [3.05, 3.63) is 57.7 Å². The summed E-state index contributed by atoms with van der Waals surface area (Å²) < 4.78 is 7.37. The number of hydrogen-bond donors (Lipinski definition) is 2. The Morgan fingerprint density at radius 2 is 2.12 bits per heavy atom. The molecule has 26 heavy (non-hydrogen) atoms. The summed E-state index contributed by atoms with van der Waals surface area (Å²) in [5, 5.41) is 9.93. The molecule has 3 aromatic rings. The van der Waals surface area contributed by atoms with Crippen LogP contribution in [0.25, 0.3) is 16.7 Å². The van der Waals surface area contributed by atoms with Gasteiger partial charge in [-0.2, -0.15) is 0 Å². The van der Waals surface area contributed by atoms with Crippen molar-refractivity contribution in [2.45, 2.75) is 6.10 Å². The Morgan fingerprint density at radius 1 is 1.35 bits per heavy atom. The summed E-state index contributed by atoms with van der Waals surface area (Å²) in [6.45, 7) is 1.02. The summed E-state index contributed by atoms with van der Waals surface area (Å²) >= 11 is 6.29. The van der Waals surface area contributed by atoms with Crippen LogP contribution in [-0.4, -0.2) is 50.3 Å². The number of nitrogens with one attached hydrogen (secondary N) is 1. The smallest absolute Gasteiger partial charge is 0.407 e. The zero-order valence-corrected chi connectivity index (χ0v) is 14.3. The van der Waals surface area contributed by atoms with Crippen molar-refractivity contribution in [1.29, 1.82) is 0 Å². The van der Waals surface area contributed by atoms with Crippen LogP contribution in [0, 0.1) is 0 Å². The zero-order valence-electron chi connectivity index (χ0n) is 13.6. The molecule has 1 atom stereocenters. The highest BCUT2D eigenvalue weighted by molar-refractivity contribution is 6.31. The summed E-state index contributed by atoms with van der Waals surface area (Å²) in [5.74, 6) is 0. The molecule has 1 saturated heterocycles. The van der Waals surface area contributed by atoms with Gasteiger partial charge in [-0.1, -0.05) is 23.7 Å². The van der Waals surface area contributed by atoms with Crippen LogP contribution < -0.4 is 5.56 Å². The van der Waals surface area contributed by atoms with Gasteiger partial charge in [-0.3, -0.25) is 9.36 Å². The van der Waals surface area contributed by atoms with E-state index in [0.717, 1.165) is 11.3 Å². The molecular weight excluding hydrogens is 360 g/mol. The van der Waals surface area contributed by atoms with Crippen LogP contribution in [0.2, 0.25) is 5.15 Å². The minimum Gasteiger partial charge on any atom is -0.465 e. The molecule has 0 spiro atoms. The van der Waals surface area contributed by atoms with Crippen molar-refractivity contribution in [3.8, 4) is 5.69 Å². The number of carboxylic acid groups (broad SMARTS) is 1. The van der Waals surface area contributed by atoms with E-state index in [2.05, 4.69) is 9.97 Å². The minimum atomic E-state index is -0.947. The minimum absolute atomic E-state index is 0.253. The molecule has 4 rings (SSSR count). The highest BCUT2D eigenvalue weighted by atomic mass is 35.5. The Balaban J connectivity index is 1.67. The van der Waals surface area contributed by atoms with Gasteiger partial charge < -0.3 is 19.7 Å². The lowest BCUT2D eigenvalue weighted by Gasteiger charge is -2.31.